The van der Waals surface area contributed by atoms with Crippen LogP contribution in [0.4, 0.5) is 10.1 Å². The van der Waals surface area contributed by atoms with Crippen molar-refractivity contribution in [1.82, 2.24) is 5.32 Å². The summed E-state index contributed by atoms with van der Waals surface area (Å²) in [6.07, 6.45) is 0. The third kappa shape index (κ3) is 3.88. The van der Waals surface area contributed by atoms with Crippen molar-refractivity contribution in [3.05, 3.63) is 37.2 Å². The van der Waals surface area contributed by atoms with Gasteiger partial charge in [0.25, 0.3) is 5.69 Å². The first-order chi connectivity index (χ1) is 9.29. The summed E-state index contributed by atoms with van der Waals surface area (Å²) in [5.41, 5.74) is 0.468. The first kappa shape index (κ1) is 17.3. The summed E-state index contributed by atoms with van der Waals surface area (Å²) in [4.78, 5) is 10.8. The third-order valence-electron chi connectivity index (χ3n) is 3.41. The van der Waals surface area contributed by atoms with Crippen LogP contribution < -0.4 is 5.32 Å². The molecular formula is C14H20FIN2O2. The molecule has 0 saturated heterocycles. The van der Waals surface area contributed by atoms with Gasteiger partial charge in [-0.1, -0.05) is 20.8 Å². The smallest absolute Gasteiger partial charge is 0.274 e. The molecule has 0 spiro atoms. The van der Waals surface area contributed by atoms with Crippen molar-refractivity contribution in [3.8, 4) is 0 Å². The summed E-state index contributed by atoms with van der Waals surface area (Å²) in [5.74, 6) is -0.343. The molecule has 0 saturated carbocycles. The molecule has 2 atom stereocenters. The molecule has 0 aliphatic rings. The van der Waals surface area contributed by atoms with Crippen LogP contribution in [0.2, 0.25) is 0 Å². The average Bonchev–Trinajstić information content (AvgIpc) is 2.33. The molecule has 0 aliphatic heterocycles. The third-order valence-corrected chi connectivity index (χ3v) is 4.24. The molecule has 112 valence electrons. The molecule has 0 amide bonds. The van der Waals surface area contributed by atoms with Gasteiger partial charge in [0.2, 0.25) is 0 Å². The second kappa shape index (κ2) is 7.31. The lowest BCUT2D eigenvalue weighted by Gasteiger charge is -2.28. The Bertz CT molecular complexity index is 494. The van der Waals surface area contributed by atoms with Crippen LogP contribution in [0.5, 0.6) is 0 Å². The van der Waals surface area contributed by atoms with Gasteiger partial charge in [-0.25, -0.2) is 4.39 Å². The highest BCUT2D eigenvalue weighted by atomic mass is 127. The zero-order chi connectivity index (χ0) is 15.4. The molecule has 0 bridgehead atoms. The predicted molar refractivity (Wildman–Crippen MR) is 86.5 cm³/mol. The van der Waals surface area contributed by atoms with Crippen LogP contribution in [0.1, 0.15) is 39.2 Å². The van der Waals surface area contributed by atoms with E-state index in [4.69, 9.17) is 0 Å². The molecule has 1 aromatic rings. The summed E-state index contributed by atoms with van der Waals surface area (Å²) in [6, 6.07) is 2.68. The van der Waals surface area contributed by atoms with Crippen molar-refractivity contribution >= 4 is 28.3 Å². The Kier molecular flexibility index (Phi) is 6.32. The second-order valence-electron chi connectivity index (χ2n) is 5.20. The Morgan fingerprint density at radius 1 is 1.40 bits per heavy atom. The molecule has 6 heteroatoms. The number of hydrogen-bond acceptors (Lipinski definition) is 3. The Morgan fingerprint density at radius 2 is 2.00 bits per heavy atom. The van der Waals surface area contributed by atoms with Crippen molar-refractivity contribution in [3.63, 3.8) is 0 Å². The van der Waals surface area contributed by atoms with Gasteiger partial charge >= 0.3 is 0 Å². The number of likely N-dealkylation sites (N-methyl/N-ethyl adjacent to an activating group) is 1. The van der Waals surface area contributed by atoms with Gasteiger partial charge in [0.1, 0.15) is 5.82 Å². The molecule has 0 aliphatic carbocycles. The van der Waals surface area contributed by atoms with E-state index < -0.39 is 10.7 Å². The highest BCUT2D eigenvalue weighted by Crippen LogP contribution is 2.36. The van der Waals surface area contributed by atoms with Crippen molar-refractivity contribution in [2.24, 2.45) is 5.92 Å². The first-order valence-corrected chi connectivity index (χ1v) is 7.74. The van der Waals surface area contributed by atoms with Gasteiger partial charge in [-0.3, -0.25) is 10.1 Å². The number of benzene rings is 1. The Labute approximate surface area is 132 Å². The van der Waals surface area contributed by atoms with Gasteiger partial charge in [0.15, 0.2) is 0 Å². The molecule has 0 aromatic heterocycles. The largest absolute Gasteiger partial charge is 0.314 e. The van der Waals surface area contributed by atoms with Crippen LogP contribution in [-0.2, 0) is 0 Å². The molecular weight excluding hydrogens is 374 g/mol. The molecule has 0 heterocycles. The minimum absolute atomic E-state index is 0.000692. The number of rotatable bonds is 6. The fourth-order valence-corrected chi connectivity index (χ4v) is 3.08. The zero-order valence-corrected chi connectivity index (χ0v) is 14.3. The minimum Gasteiger partial charge on any atom is -0.314 e. The van der Waals surface area contributed by atoms with Crippen LogP contribution in [-0.4, -0.2) is 17.5 Å². The van der Waals surface area contributed by atoms with E-state index in [0.717, 1.165) is 6.54 Å². The molecule has 1 rings (SSSR count). The van der Waals surface area contributed by atoms with Gasteiger partial charge in [-0.2, -0.15) is 0 Å². The SMILES string of the molecule is CCNC(C)C(c1cc(F)c(I)cc1[N+](=O)[O-])C(C)C. The van der Waals surface area contributed by atoms with Gasteiger partial charge < -0.3 is 5.32 Å². The summed E-state index contributed by atoms with van der Waals surface area (Å²) >= 11 is 1.78. The van der Waals surface area contributed by atoms with E-state index in [2.05, 4.69) is 5.32 Å². The summed E-state index contributed by atoms with van der Waals surface area (Å²) < 4.78 is 14.1. The lowest BCUT2D eigenvalue weighted by molar-refractivity contribution is -0.386. The topological polar surface area (TPSA) is 55.2 Å². The lowest BCUT2D eigenvalue weighted by Crippen LogP contribution is -2.35. The number of nitro groups is 1. The van der Waals surface area contributed by atoms with Crippen molar-refractivity contribution < 1.29 is 9.31 Å². The van der Waals surface area contributed by atoms with E-state index in [1.54, 1.807) is 22.6 Å². The van der Waals surface area contributed by atoms with Crippen molar-refractivity contribution in [1.29, 1.82) is 0 Å². The zero-order valence-electron chi connectivity index (χ0n) is 12.1. The van der Waals surface area contributed by atoms with Gasteiger partial charge in [0.05, 0.1) is 8.49 Å². The van der Waals surface area contributed by atoms with E-state index >= 15 is 0 Å². The summed E-state index contributed by atoms with van der Waals surface area (Å²) in [7, 11) is 0. The molecule has 0 radical (unpaired) electrons. The molecule has 1 N–H and O–H groups in total. The first-order valence-electron chi connectivity index (χ1n) is 6.66. The van der Waals surface area contributed by atoms with E-state index in [0.29, 0.717) is 5.56 Å². The van der Waals surface area contributed by atoms with Gasteiger partial charge in [-0.05, 0) is 48.0 Å². The highest BCUT2D eigenvalue weighted by molar-refractivity contribution is 14.1. The standard InChI is InChI=1S/C14H20FIN2O2/c1-5-17-9(4)14(8(2)3)10-6-11(15)12(16)7-13(10)18(19)20/h6-9,14,17H,5H2,1-4H3. The van der Waals surface area contributed by atoms with Crippen LogP contribution in [0, 0.1) is 25.4 Å². The van der Waals surface area contributed by atoms with Gasteiger partial charge in [0, 0.05) is 23.6 Å². The lowest BCUT2D eigenvalue weighted by atomic mass is 9.82. The highest BCUT2D eigenvalue weighted by Gasteiger charge is 2.30. The fraction of sp³-hybridized carbons (Fsp3) is 0.571. The maximum atomic E-state index is 13.8. The Morgan fingerprint density at radius 3 is 2.45 bits per heavy atom. The Hall–Kier alpha value is -0.760. The summed E-state index contributed by atoms with van der Waals surface area (Å²) in [6.45, 7) is 8.73. The number of nitrogens with zero attached hydrogens (tertiary/aromatic N) is 1. The number of nitro benzene ring substituents is 1. The van der Waals surface area contributed by atoms with E-state index in [1.807, 2.05) is 27.7 Å². The molecule has 20 heavy (non-hydrogen) atoms. The normalized spacial score (nSPS) is 14.3. The minimum atomic E-state index is -0.426. The predicted octanol–water partition coefficient (Wildman–Crippen LogP) is 4.08. The van der Waals surface area contributed by atoms with Crippen LogP contribution in [0.15, 0.2) is 12.1 Å². The monoisotopic (exact) mass is 394 g/mol. The number of hydrogen-bond donors (Lipinski definition) is 1. The van der Waals surface area contributed by atoms with Crippen LogP contribution >= 0.6 is 22.6 Å². The van der Waals surface area contributed by atoms with Crippen molar-refractivity contribution in [2.75, 3.05) is 6.54 Å². The van der Waals surface area contributed by atoms with E-state index in [1.165, 1.54) is 12.1 Å². The van der Waals surface area contributed by atoms with Crippen LogP contribution in [0.25, 0.3) is 0 Å². The number of halogens is 2. The Balaban J connectivity index is 3.38. The average molecular weight is 394 g/mol. The van der Waals surface area contributed by atoms with Crippen LogP contribution in [0.3, 0.4) is 0 Å². The molecule has 2 unspecified atom stereocenters. The quantitative estimate of drug-likeness (QED) is 0.450. The van der Waals surface area contributed by atoms with E-state index in [-0.39, 0.29) is 27.1 Å². The maximum Gasteiger partial charge on any atom is 0.274 e. The summed E-state index contributed by atoms with van der Waals surface area (Å²) in [5, 5.41) is 14.5. The van der Waals surface area contributed by atoms with E-state index in [9.17, 15) is 14.5 Å². The molecule has 4 nitrogen and oxygen atoms in total. The molecule has 1 aromatic carbocycles. The second-order valence-corrected chi connectivity index (χ2v) is 6.36. The molecule has 0 fully saturated rings. The fourth-order valence-electron chi connectivity index (χ4n) is 2.63. The van der Waals surface area contributed by atoms with Gasteiger partial charge in [-0.15, -0.1) is 0 Å². The number of nitrogens with one attached hydrogen (secondary N) is 1. The maximum absolute atomic E-state index is 13.8. The van der Waals surface area contributed by atoms with Crippen molar-refractivity contribution in [2.45, 2.75) is 39.7 Å².